The second-order valence-corrected chi connectivity index (χ2v) is 10.2. The van der Waals surface area contributed by atoms with Crippen LogP contribution in [0.1, 0.15) is 51.4 Å². The molecule has 0 spiro atoms. The summed E-state index contributed by atoms with van der Waals surface area (Å²) >= 11 is 11.1. The summed E-state index contributed by atoms with van der Waals surface area (Å²) in [6.45, 7) is 0. The molecule has 0 amide bonds. The minimum Gasteiger partial charge on any atom is -0.359 e. The maximum Gasteiger partial charge on any atom is 0.171 e. The molecule has 0 aliphatic heterocycles. The van der Waals surface area contributed by atoms with Crippen LogP contribution in [0.25, 0.3) is 0 Å². The third-order valence-electron chi connectivity index (χ3n) is 7.49. The fourth-order valence-electron chi connectivity index (χ4n) is 6.19. The molecule has 6 heteroatoms. The minimum atomic E-state index is 0.554. The van der Waals surface area contributed by atoms with E-state index in [2.05, 4.69) is 27.3 Å². The van der Waals surface area contributed by atoms with E-state index in [0.717, 1.165) is 45.3 Å². The Labute approximate surface area is 178 Å². The lowest BCUT2D eigenvalue weighted by molar-refractivity contribution is 0.392. The highest BCUT2D eigenvalue weighted by Gasteiger charge is 2.40. The van der Waals surface area contributed by atoms with Crippen LogP contribution in [0.5, 0.6) is 0 Å². The Bertz CT molecular complexity index is 707. The average Bonchev–Trinajstić information content (AvgIpc) is 3.43. The molecule has 1 aromatic rings. The van der Waals surface area contributed by atoms with Crippen molar-refractivity contribution in [3.05, 3.63) is 24.3 Å². The molecule has 0 radical (unpaired) electrons. The van der Waals surface area contributed by atoms with Crippen LogP contribution in [0.2, 0.25) is 0 Å². The van der Waals surface area contributed by atoms with Gasteiger partial charge >= 0.3 is 0 Å². The highest BCUT2D eigenvalue weighted by atomic mass is 32.1. The highest BCUT2D eigenvalue weighted by Crippen LogP contribution is 2.45. The second-order valence-electron chi connectivity index (χ2n) is 9.34. The van der Waals surface area contributed by atoms with Gasteiger partial charge in [0.15, 0.2) is 10.2 Å². The molecule has 4 saturated carbocycles. The smallest absolute Gasteiger partial charge is 0.171 e. The van der Waals surface area contributed by atoms with E-state index in [-0.39, 0.29) is 0 Å². The van der Waals surface area contributed by atoms with E-state index in [4.69, 9.17) is 24.4 Å². The van der Waals surface area contributed by atoms with Gasteiger partial charge in [-0.05, 0) is 105 Å². The number of anilines is 2. The van der Waals surface area contributed by atoms with Gasteiger partial charge in [-0.2, -0.15) is 0 Å². The molecule has 4 bridgehead atoms. The lowest BCUT2D eigenvalue weighted by atomic mass is 9.95. The molecular weight excluding hydrogens is 384 g/mol. The molecule has 150 valence electrons. The van der Waals surface area contributed by atoms with Crippen molar-refractivity contribution >= 4 is 46.0 Å². The number of thiocarbonyl (C=S) groups is 2. The van der Waals surface area contributed by atoms with Gasteiger partial charge in [-0.25, -0.2) is 0 Å². The first-order valence-corrected chi connectivity index (χ1v) is 11.7. The molecule has 0 aromatic heterocycles. The number of hydrogen-bond acceptors (Lipinski definition) is 2. The van der Waals surface area contributed by atoms with Gasteiger partial charge in [-0.3, -0.25) is 0 Å². The Hall–Kier alpha value is -1.40. The molecular formula is C22H30N4S2. The molecule has 4 nitrogen and oxygen atoms in total. The molecule has 4 aliphatic carbocycles. The number of benzene rings is 1. The zero-order valence-corrected chi connectivity index (χ0v) is 17.9. The summed E-state index contributed by atoms with van der Waals surface area (Å²) in [5, 5.41) is 15.3. The molecule has 4 fully saturated rings. The van der Waals surface area contributed by atoms with Crippen LogP contribution >= 0.6 is 24.4 Å². The molecule has 6 atom stereocenters. The van der Waals surface area contributed by atoms with E-state index in [1.54, 1.807) is 0 Å². The lowest BCUT2D eigenvalue weighted by Gasteiger charge is -2.25. The first-order chi connectivity index (χ1) is 13.6. The zero-order chi connectivity index (χ0) is 19.1. The second kappa shape index (κ2) is 7.79. The van der Waals surface area contributed by atoms with Crippen molar-refractivity contribution in [3.8, 4) is 0 Å². The lowest BCUT2D eigenvalue weighted by Crippen LogP contribution is -2.41. The molecule has 4 N–H and O–H groups in total. The predicted octanol–water partition coefficient (Wildman–Crippen LogP) is 4.64. The SMILES string of the molecule is S=C(Nc1cccc(NC(=S)NC2CC3CCC2C3)c1)NC1CC2CCC1C2. The van der Waals surface area contributed by atoms with Crippen molar-refractivity contribution in [3.63, 3.8) is 0 Å². The monoisotopic (exact) mass is 414 g/mol. The minimum absolute atomic E-state index is 0.554. The van der Waals surface area contributed by atoms with Crippen molar-refractivity contribution in [2.75, 3.05) is 10.6 Å². The van der Waals surface area contributed by atoms with Crippen molar-refractivity contribution in [2.45, 2.75) is 63.5 Å². The third kappa shape index (κ3) is 3.99. The molecule has 28 heavy (non-hydrogen) atoms. The van der Waals surface area contributed by atoms with Gasteiger partial charge in [0.25, 0.3) is 0 Å². The van der Waals surface area contributed by atoms with Crippen LogP contribution in [-0.4, -0.2) is 22.3 Å². The van der Waals surface area contributed by atoms with Crippen molar-refractivity contribution in [2.24, 2.45) is 23.7 Å². The number of rotatable bonds is 4. The van der Waals surface area contributed by atoms with Crippen LogP contribution < -0.4 is 21.3 Å². The Morgan fingerprint density at radius 1 is 0.714 bits per heavy atom. The van der Waals surface area contributed by atoms with Crippen LogP contribution in [-0.2, 0) is 0 Å². The number of hydrogen-bond donors (Lipinski definition) is 4. The Morgan fingerprint density at radius 3 is 1.61 bits per heavy atom. The molecule has 1 aromatic carbocycles. The summed E-state index contributed by atoms with van der Waals surface area (Å²) in [6.07, 6.45) is 10.8. The quantitative estimate of drug-likeness (QED) is 0.539. The standard InChI is InChI=1S/C22H30N4S2/c27-21(25-19-10-13-4-6-15(19)8-13)23-17-2-1-3-18(12-17)24-22(28)26-20-11-14-5-7-16(20)9-14/h1-3,12-16,19-20H,4-11H2,(H2,23,25,27)(H2,24,26,28). The maximum absolute atomic E-state index is 5.56. The van der Waals surface area contributed by atoms with Crippen molar-refractivity contribution < 1.29 is 0 Å². The summed E-state index contributed by atoms with van der Waals surface area (Å²) in [6, 6.07) is 9.31. The molecule has 5 rings (SSSR count). The predicted molar refractivity (Wildman–Crippen MR) is 124 cm³/mol. The summed E-state index contributed by atoms with van der Waals surface area (Å²) in [5.41, 5.74) is 1.99. The molecule has 4 aliphatic rings. The zero-order valence-electron chi connectivity index (χ0n) is 16.2. The third-order valence-corrected chi connectivity index (χ3v) is 7.93. The number of nitrogens with one attached hydrogen (secondary N) is 4. The normalized spacial score (nSPS) is 35.0. The van der Waals surface area contributed by atoms with E-state index < -0.39 is 0 Å². The number of fused-ring (bicyclic) bond motifs is 4. The first-order valence-electron chi connectivity index (χ1n) is 10.9. The van der Waals surface area contributed by atoms with Crippen LogP contribution in [0, 0.1) is 23.7 Å². The van der Waals surface area contributed by atoms with Gasteiger partial charge in [0.05, 0.1) is 0 Å². The van der Waals surface area contributed by atoms with Crippen LogP contribution in [0.3, 0.4) is 0 Å². The molecule has 6 unspecified atom stereocenters. The Kier molecular flexibility index (Phi) is 5.18. The van der Waals surface area contributed by atoms with Crippen molar-refractivity contribution in [1.82, 2.24) is 10.6 Å². The largest absolute Gasteiger partial charge is 0.359 e. The Balaban J connectivity index is 1.12. The van der Waals surface area contributed by atoms with Gasteiger partial charge in [-0.1, -0.05) is 18.9 Å². The van der Waals surface area contributed by atoms with Gasteiger partial charge in [0.2, 0.25) is 0 Å². The topological polar surface area (TPSA) is 48.1 Å². The molecule has 0 saturated heterocycles. The van der Waals surface area contributed by atoms with Crippen LogP contribution in [0.15, 0.2) is 24.3 Å². The fraction of sp³-hybridized carbons (Fsp3) is 0.636. The van der Waals surface area contributed by atoms with Crippen molar-refractivity contribution in [1.29, 1.82) is 0 Å². The van der Waals surface area contributed by atoms with E-state index >= 15 is 0 Å². The van der Waals surface area contributed by atoms with Gasteiger partial charge < -0.3 is 21.3 Å². The van der Waals surface area contributed by atoms with Gasteiger partial charge in [0.1, 0.15) is 0 Å². The van der Waals surface area contributed by atoms with Gasteiger partial charge in [0, 0.05) is 23.5 Å². The average molecular weight is 415 g/mol. The van der Waals surface area contributed by atoms with E-state index in [0.29, 0.717) is 12.1 Å². The Morgan fingerprint density at radius 2 is 1.21 bits per heavy atom. The van der Waals surface area contributed by atoms with Crippen LogP contribution in [0.4, 0.5) is 11.4 Å². The van der Waals surface area contributed by atoms with E-state index in [1.165, 1.54) is 51.4 Å². The maximum atomic E-state index is 5.56. The summed E-state index contributed by atoms with van der Waals surface area (Å²) in [4.78, 5) is 0. The summed E-state index contributed by atoms with van der Waals surface area (Å²) < 4.78 is 0. The first kappa shape index (κ1) is 18.6. The van der Waals surface area contributed by atoms with E-state index in [1.807, 2.05) is 18.2 Å². The summed E-state index contributed by atoms with van der Waals surface area (Å²) in [5.74, 6) is 3.46. The van der Waals surface area contributed by atoms with E-state index in [9.17, 15) is 0 Å². The fourth-order valence-corrected chi connectivity index (χ4v) is 6.73. The van der Waals surface area contributed by atoms with Gasteiger partial charge in [-0.15, -0.1) is 0 Å². The summed E-state index contributed by atoms with van der Waals surface area (Å²) in [7, 11) is 0. The highest BCUT2D eigenvalue weighted by molar-refractivity contribution is 7.80. The molecule has 0 heterocycles.